The van der Waals surface area contributed by atoms with Crippen LogP contribution in [-0.2, 0) is 5.54 Å². The molecule has 0 amide bonds. The van der Waals surface area contributed by atoms with Crippen LogP contribution in [0.3, 0.4) is 0 Å². The molecule has 1 aromatic carbocycles. The first kappa shape index (κ1) is 11.9. The highest BCUT2D eigenvalue weighted by Gasteiger charge is 2.29. The molecule has 0 atom stereocenters. The maximum Gasteiger partial charge on any atom is 0.215 e. The van der Waals surface area contributed by atoms with Gasteiger partial charge >= 0.3 is 0 Å². The molecule has 0 saturated carbocycles. The molecule has 4 heteroatoms. The van der Waals surface area contributed by atoms with Gasteiger partial charge in [0.05, 0.1) is 12.6 Å². The molecule has 2 rings (SSSR count). The fourth-order valence-corrected chi connectivity index (χ4v) is 1.80. The molecule has 0 saturated heterocycles. The van der Waals surface area contributed by atoms with Gasteiger partial charge in [-0.1, -0.05) is 13.8 Å². The van der Waals surface area contributed by atoms with Crippen LogP contribution in [0.1, 0.15) is 32.6 Å². The average Bonchev–Trinajstić information content (AvgIpc) is 2.80. The number of methoxy groups -OCH3 is 1. The lowest BCUT2D eigenvalue weighted by Gasteiger charge is -2.21. The summed E-state index contributed by atoms with van der Waals surface area (Å²) in [7, 11) is 1.63. The van der Waals surface area contributed by atoms with E-state index in [-0.39, 0.29) is 0 Å². The fourth-order valence-electron chi connectivity index (χ4n) is 1.80. The Balaban J connectivity index is 2.50. The second kappa shape index (κ2) is 4.37. The first-order valence-electron chi connectivity index (χ1n) is 5.87. The van der Waals surface area contributed by atoms with Gasteiger partial charge < -0.3 is 14.9 Å². The summed E-state index contributed by atoms with van der Waals surface area (Å²) in [4.78, 5) is 4.45. The lowest BCUT2D eigenvalue weighted by atomic mass is 9.94. The standard InChI is InChI=1S/C13H18N2O2/c1-4-13(14,5-2)12-15-10-7-6-9(16-3)8-11(10)17-12/h6-8H,4-5,14H2,1-3H3. The molecular formula is C13H18N2O2. The molecule has 2 N–H and O–H groups in total. The Morgan fingerprint density at radius 3 is 2.65 bits per heavy atom. The molecule has 0 bridgehead atoms. The molecule has 92 valence electrons. The van der Waals surface area contributed by atoms with Crippen molar-refractivity contribution in [1.29, 1.82) is 0 Å². The Morgan fingerprint density at radius 1 is 1.35 bits per heavy atom. The number of nitrogens with zero attached hydrogens (tertiary/aromatic N) is 1. The number of benzene rings is 1. The number of rotatable bonds is 4. The lowest BCUT2D eigenvalue weighted by molar-refractivity contribution is 0.318. The molecule has 17 heavy (non-hydrogen) atoms. The SMILES string of the molecule is CCC(N)(CC)c1nc2ccc(OC)cc2o1. The van der Waals surface area contributed by atoms with Crippen molar-refractivity contribution in [1.82, 2.24) is 4.98 Å². The second-order valence-electron chi connectivity index (χ2n) is 4.22. The molecule has 0 aliphatic heterocycles. The Labute approximate surface area is 101 Å². The van der Waals surface area contributed by atoms with E-state index in [0.29, 0.717) is 5.89 Å². The van der Waals surface area contributed by atoms with Gasteiger partial charge in [0.1, 0.15) is 11.3 Å². The molecule has 0 fully saturated rings. The van der Waals surface area contributed by atoms with Crippen molar-refractivity contribution in [3.63, 3.8) is 0 Å². The van der Waals surface area contributed by atoms with E-state index in [0.717, 1.165) is 29.7 Å². The zero-order valence-corrected chi connectivity index (χ0v) is 10.5. The van der Waals surface area contributed by atoms with E-state index in [1.165, 1.54) is 0 Å². The second-order valence-corrected chi connectivity index (χ2v) is 4.22. The Kier molecular flexibility index (Phi) is 3.07. The monoisotopic (exact) mass is 234 g/mol. The van der Waals surface area contributed by atoms with Crippen LogP contribution in [-0.4, -0.2) is 12.1 Å². The summed E-state index contributed by atoms with van der Waals surface area (Å²) in [5, 5.41) is 0. The van der Waals surface area contributed by atoms with Gasteiger partial charge in [0.2, 0.25) is 5.89 Å². The number of hydrogen-bond donors (Lipinski definition) is 1. The van der Waals surface area contributed by atoms with Gasteiger partial charge in [-0.3, -0.25) is 0 Å². The summed E-state index contributed by atoms with van der Waals surface area (Å²) in [6.07, 6.45) is 1.60. The maximum atomic E-state index is 6.26. The van der Waals surface area contributed by atoms with E-state index >= 15 is 0 Å². The van der Waals surface area contributed by atoms with Crippen molar-refractivity contribution in [2.24, 2.45) is 5.73 Å². The first-order chi connectivity index (χ1) is 8.12. The van der Waals surface area contributed by atoms with Crippen molar-refractivity contribution >= 4 is 11.1 Å². The molecule has 2 aromatic rings. The quantitative estimate of drug-likeness (QED) is 0.883. The topological polar surface area (TPSA) is 61.3 Å². The Hall–Kier alpha value is -1.55. The van der Waals surface area contributed by atoms with Gasteiger partial charge in [-0.15, -0.1) is 0 Å². The van der Waals surface area contributed by atoms with Crippen molar-refractivity contribution in [2.75, 3.05) is 7.11 Å². The lowest BCUT2D eigenvalue weighted by Crippen LogP contribution is -2.35. The van der Waals surface area contributed by atoms with Gasteiger partial charge in [-0.05, 0) is 25.0 Å². The van der Waals surface area contributed by atoms with E-state index in [1.807, 2.05) is 32.0 Å². The van der Waals surface area contributed by atoms with Crippen LogP contribution in [0, 0.1) is 0 Å². The Bertz CT molecular complexity index is 515. The number of aromatic nitrogens is 1. The normalized spacial score (nSPS) is 12.0. The molecule has 0 spiro atoms. The maximum absolute atomic E-state index is 6.26. The van der Waals surface area contributed by atoms with E-state index in [4.69, 9.17) is 14.9 Å². The van der Waals surface area contributed by atoms with Gasteiger partial charge in [-0.25, -0.2) is 4.98 Å². The Morgan fingerprint density at radius 2 is 2.06 bits per heavy atom. The number of ether oxygens (including phenoxy) is 1. The summed E-state index contributed by atoms with van der Waals surface area (Å²) in [6, 6.07) is 5.58. The highest BCUT2D eigenvalue weighted by Crippen LogP contribution is 2.29. The van der Waals surface area contributed by atoms with E-state index in [9.17, 15) is 0 Å². The van der Waals surface area contributed by atoms with Crippen LogP contribution >= 0.6 is 0 Å². The smallest absolute Gasteiger partial charge is 0.215 e. The highest BCUT2D eigenvalue weighted by atomic mass is 16.5. The van der Waals surface area contributed by atoms with Crippen LogP contribution in [0.5, 0.6) is 5.75 Å². The zero-order chi connectivity index (χ0) is 12.5. The van der Waals surface area contributed by atoms with Crippen LogP contribution in [0.4, 0.5) is 0 Å². The fraction of sp³-hybridized carbons (Fsp3) is 0.462. The summed E-state index contributed by atoms with van der Waals surface area (Å²) in [6.45, 7) is 4.08. The van der Waals surface area contributed by atoms with Crippen LogP contribution in [0.25, 0.3) is 11.1 Å². The largest absolute Gasteiger partial charge is 0.497 e. The minimum Gasteiger partial charge on any atom is -0.497 e. The third-order valence-electron chi connectivity index (χ3n) is 3.28. The van der Waals surface area contributed by atoms with Gasteiger partial charge in [-0.2, -0.15) is 0 Å². The van der Waals surface area contributed by atoms with Crippen LogP contribution in [0.15, 0.2) is 22.6 Å². The molecule has 0 aliphatic rings. The van der Waals surface area contributed by atoms with Gasteiger partial charge in [0, 0.05) is 6.07 Å². The number of fused-ring (bicyclic) bond motifs is 1. The van der Waals surface area contributed by atoms with Crippen molar-refractivity contribution in [3.8, 4) is 5.75 Å². The third-order valence-corrected chi connectivity index (χ3v) is 3.28. The molecule has 0 aliphatic carbocycles. The van der Waals surface area contributed by atoms with Crippen molar-refractivity contribution < 1.29 is 9.15 Å². The zero-order valence-electron chi connectivity index (χ0n) is 10.5. The van der Waals surface area contributed by atoms with E-state index in [2.05, 4.69) is 4.98 Å². The molecule has 1 heterocycles. The van der Waals surface area contributed by atoms with Gasteiger partial charge in [0.25, 0.3) is 0 Å². The molecular weight excluding hydrogens is 216 g/mol. The molecule has 0 radical (unpaired) electrons. The van der Waals surface area contributed by atoms with Crippen molar-refractivity contribution in [2.45, 2.75) is 32.2 Å². The van der Waals surface area contributed by atoms with Gasteiger partial charge in [0.15, 0.2) is 5.58 Å². The molecule has 0 unspecified atom stereocenters. The predicted molar refractivity (Wildman–Crippen MR) is 67.0 cm³/mol. The van der Waals surface area contributed by atoms with Crippen LogP contribution < -0.4 is 10.5 Å². The van der Waals surface area contributed by atoms with E-state index in [1.54, 1.807) is 7.11 Å². The highest BCUT2D eigenvalue weighted by molar-refractivity contribution is 5.74. The predicted octanol–water partition coefficient (Wildman–Crippen LogP) is 2.81. The first-order valence-corrected chi connectivity index (χ1v) is 5.87. The number of hydrogen-bond acceptors (Lipinski definition) is 4. The average molecular weight is 234 g/mol. The summed E-state index contributed by atoms with van der Waals surface area (Å²) >= 11 is 0. The van der Waals surface area contributed by atoms with E-state index < -0.39 is 5.54 Å². The minimum atomic E-state index is -0.480. The van der Waals surface area contributed by atoms with Crippen molar-refractivity contribution in [3.05, 3.63) is 24.1 Å². The molecule has 1 aromatic heterocycles. The summed E-state index contributed by atoms with van der Waals surface area (Å²) in [5.41, 5.74) is 7.32. The third kappa shape index (κ3) is 2.00. The number of oxazole rings is 1. The molecule has 4 nitrogen and oxygen atoms in total. The summed E-state index contributed by atoms with van der Waals surface area (Å²) in [5.74, 6) is 1.36. The minimum absolute atomic E-state index is 0.480. The van der Waals surface area contributed by atoms with Crippen LogP contribution in [0.2, 0.25) is 0 Å². The number of nitrogens with two attached hydrogens (primary N) is 1. The summed E-state index contributed by atoms with van der Waals surface area (Å²) < 4.78 is 10.9.